The molecule has 3 heterocycles. The van der Waals surface area contributed by atoms with E-state index in [1.807, 2.05) is 43.3 Å². The van der Waals surface area contributed by atoms with Crippen LogP contribution in [0.15, 0.2) is 69.7 Å². The molecule has 1 atom stereocenters. The highest BCUT2D eigenvalue weighted by molar-refractivity contribution is 9.10. The molecule has 0 radical (unpaired) electrons. The van der Waals surface area contributed by atoms with E-state index in [1.165, 1.54) is 23.1 Å². The molecule has 0 spiro atoms. The van der Waals surface area contributed by atoms with E-state index in [1.54, 1.807) is 17.7 Å². The van der Waals surface area contributed by atoms with Gasteiger partial charge in [-0.15, -0.1) is 11.3 Å². The van der Waals surface area contributed by atoms with Gasteiger partial charge in [-0.25, -0.2) is 15.0 Å². The normalized spacial score (nSPS) is 12.3. The first-order valence-electron chi connectivity index (χ1n) is 9.40. The number of amides is 1. The second-order valence-corrected chi connectivity index (χ2v) is 10.9. The molecular weight excluding hydrogens is 512 g/mol. The molecule has 0 saturated heterocycles. The largest absolute Gasteiger partial charge is 0.301 e. The Kier molecular flexibility index (Phi) is 5.75. The molecule has 0 aliphatic carbocycles. The number of anilines is 1. The van der Waals surface area contributed by atoms with Crippen LogP contribution in [-0.4, -0.2) is 26.1 Å². The van der Waals surface area contributed by atoms with E-state index in [4.69, 9.17) is 0 Å². The predicted octanol–water partition coefficient (Wildman–Crippen LogP) is 6.85. The van der Waals surface area contributed by atoms with Crippen molar-refractivity contribution in [3.63, 3.8) is 0 Å². The van der Waals surface area contributed by atoms with E-state index in [9.17, 15) is 4.79 Å². The van der Waals surface area contributed by atoms with Crippen LogP contribution < -0.4 is 5.32 Å². The summed E-state index contributed by atoms with van der Waals surface area (Å²) < 4.78 is 2.08. The highest BCUT2D eigenvalue weighted by Gasteiger charge is 2.21. The van der Waals surface area contributed by atoms with Crippen molar-refractivity contribution in [1.82, 2.24) is 15.0 Å². The maximum atomic E-state index is 12.8. The second-order valence-electron chi connectivity index (χ2n) is 6.75. The maximum Gasteiger partial charge on any atom is 0.239 e. The zero-order valence-corrected chi connectivity index (χ0v) is 20.2. The summed E-state index contributed by atoms with van der Waals surface area (Å²) in [6.45, 7) is 1.88. The molecule has 1 amide bonds. The number of hydrogen-bond acceptors (Lipinski definition) is 7. The summed E-state index contributed by atoms with van der Waals surface area (Å²) in [5, 5.41) is 7.09. The van der Waals surface area contributed by atoms with Crippen LogP contribution in [0.2, 0.25) is 0 Å². The fourth-order valence-corrected chi connectivity index (χ4v) is 6.18. The van der Waals surface area contributed by atoms with Crippen molar-refractivity contribution < 1.29 is 4.79 Å². The minimum absolute atomic E-state index is 0.101. The SMILES string of the molecule is CC(Sc1ncnc2scc(-c3ccc(Br)cc3)c12)C(=O)Nc1nc2ccccc2s1. The number of thiophene rings is 1. The van der Waals surface area contributed by atoms with Gasteiger partial charge in [0.15, 0.2) is 5.13 Å². The van der Waals surface area contributed by atoms with Crippen molar-refractivity contribution in [3.05, 3.63) is 64.7 Å². The molecule has 0 aliphatic heterocycles. The third-order valence-corrected chi connectivity index (χ3v) is 8.14. The predicted molar refractivity (Wildman–Crippen MR) is 134 cm³/mol. The molecule has 1 unspecified atom stereocenters. The number of carbonyl (C=O) groups excluding carboxylic acids is 1. The van der Waals surface area contributed by atoms with Gasteiger partial charge < -0.3 is 5.32 Å². The van der Waals surface area contributed by atoms with Crippen LogP contribution in [-0.2, 0) is 4.79 Å². The Hall–Kier alpha value is -2.33. The molecule has 0 aliphatic rings. The molecule has 9 heteroatoms. The summed E-state index contributed by atoms with van der Waals surface area (Å²) >= 11 is 7.98. The molecule has 154 valence electrons. The number of benzene rings is 2. The highest BCUT2D eigenvalue weighted by atomic mass is 79.9. The Morgan fingerprint density at radius 2 is 1.94 bits per heavy atom. The Labute approximate surface area is 199 Å². The van der Waals surface area contributed by atoms with Gasteiger partial charge >= 0.3 is 0 Å². The Morgan fingerprint density at radius 3 is 2.74 bits per heavy atom. The average Bonchev–Trinajstić information content (AvgIpc) is 3.38. The van der Waals surface area contributed by atoms with Crippen LogP contribution in [0.1, 0.15) is 6.92 Å². The van der Waals surface area contributed by atoms with Crippen LogP contribution in [0.4, 0.5) is 5.13 Å². The van der Waals surface area contributed by atoms with E-state index >= 15 is 0 Å². The molecule has 5 nitrogen and oxygen atoms in total. The highest BCUT2D eigenvalue weighted by Crippen LogP contribution is 2.39. The Bertz CT molecular complexity index is 1360. The number of thiazole rings is 1. The zero-order chi connectivity index (χ0) is 21.4. The van der Waals surface area contributed by atoms with Gasteiger partial charge in [-0.05, 0) is 36.8 Å². The standard InChI is InChI=1S/C22H15BrN4OS3/c1-12(19(28)27-22-26-16-4-2-3-5-17(16)31-22)30-21-18-15(10-29-20(18)24-11-25-21)13-6-8-14(23)9-7-13/h2-12H,1H3,(H,26,27,28). The molecule has 0 bridgehead atoms. The third kappa shape index (κ3) is 4.23. The number of para-hydroxylation sites is 1. The first kappa shape index (κ1) is 20.6. The molecule has 31 heavy (non-hydrogen) atoms. The number of thioether (sulfide) groups is 1. The lowest BCUT2D eigenvalue weighted by molar-refractivity contribution is -0.115. The third-order valence-electron chi connectivity index (χ3n) is 4.67. The number of hydrogen-bond donors (Lipinski definition) is 1. The van der Waals surface area contributed by atoms with E-state index in [-0.39, 0.29) is 11.2 Å². The minimum atomic E-state index is -0.345. The van der Waals surface area contributed by atoms with Gasteiger partial charge in [0, 0.05) is 15.4 Å². The molecule has 5 rings (SSSR count). The quantitative estimate of drug-likeness (QED) is 0.200. The molecular formula is C22H15BrN4OS3. The summed E-state index contributed by atoms with van der Waals surface area (Å²) in [6, 6.07) is 16.0. The molecule has 1 N–H and O–H groups in total. The maximum absolute atomic E-state index is 12.8. The van der Waals surface area contributed by atoms with Gasteiger partial charge in [0.2, 0.25) is 5.91 Å². The van der Waals surface area contributed by atoms with Crippen LogP contribution in [0.25, 0.3) is 31.6 Å². The summed E-state index contributed by atoms with van der Waals surface area (Å²) in [5.41, 5.74) is 3.06. The second kappa shape index (κ2) is 8.66. The molecule has 0 saturated carbocycles. The van der Waals surface area contributed by atoms with Gasteiger partial charge in [0.1, 0.15) is 16.2 Å². The van der Waals surface area contributed by atoms with E-state index < -0.39 is 0 Å². The summed E-state index contributed by atoms with van der Waals surface area (Å²) in [4.78, 5) is 27.2. The van der Waals surface area contributed by atoms with Crippen molar-refractivity contribution in [3.8, 4) is 11.1 Å². The number of rotatable bonds is 5. The number of fused-ring (bicyclic) bond motifs is 2. The summed E-state index contributed by atoms with van der Waals surface area (Å²) in [6.07, 6.45) is 1.56. The Balaban J connectivity index is 1.41. The van der Waals surface area contributed by atoms with Gasteiger partial charge in [0.25, 0.3) is 0 Å². The topological polar surface area (TPSA) is 67.8 Å². The lowest BCUT2D eigenvalue weighted by Crippen LogP contribution is -2.22. The number of nitrogens with zero attached hydrogens (tertiary/aromatic N) is 3. The lowest BCUT2D eigenvalue weighted by atomic mass is 10.1. The smallest absolute Gasteiger partial charge is 0.239 e. The lowest BCUT2D eigenvalue weighted by Gasteiger charge is -2.11. The van der Waals surface area contributed by atoms with Gasteiger partial charge in [0.05, 0.1) is 20.9 Å². The number of nitrogens with one attached hydrogen (secondary N) is 1. The van der Waals surface area contributed by atoms with Crippen LogP contribution in [0.5, 0.6) is 0 Å². The van der Waals surface area contributed by atoms with Crippen molar-refractivity contribution in [2.24, 2.45) is 0 Å². The monoisotopic (exact) mass is 526 g/mol. The first-order valence-corrected chi connectivity index (χ1v) is 12.8. The van der Waals surface area contributed by atoms with Crippen molar-refractivity contribution in [1.29, 1.82) is 0 Å². The van der Waals surface area contributed by atoms with Crippen molar-refractivity contribution >= 4 is 81.8 Å². The molecule has 2 aromatic carbocycles. The van der Waals surface area contributed by atoms with E-state index in [0.29, 0.717) is 5.13 Å². The van der Waals surface area contributed by atoms with Crippen molar-refractivity contribution in [2.45, 2.75) is 17.2 Å². The van der Waals surface area contributed by atoms with Gasteiger partial charge in [-0.2, -0.15) is 0 Å². The summed E-state index contributed by atoms with van der Waals surface area (Å²) in [5.74, 6) is -0.101. The van der Waals surface area contributed by atoms with Gasteiger partial charge in [-0.3, -0.25) is 4.79 Å². The summed E-state index contributed by atoms with van der Waals surface area (Å²) in [7, 11) is 0. The molecule has 3 aromatic heterocycles. The Morgan fingerprint density at radius 1 is 1.13 bits per heavy atom. The number of carbonyl (C=O) groups is 1. The average molecular weight is 527 g/mol. The minimum Gasteiger partial charge on any atom is -0.301 e. The van der Waals surface area contributed by atoms with Crippen molar-refractivity contribution in [2.75, 3.05) is 5.32 Å². The van der Waals surface area contributed by atoms with Crippen LogP contribution in [0.3, 0.4) is 0 Å². The van der Waals surface area contributed by atoms with Gasteiger partial charge in [-0.1, -0.05) is 63.3 Å². The molecule has 0 fully saturated rings. The fraction of sp³-hybridized carbons (Fsp3) is 0.0909. The first-order chi connectivity index (χ1) is 15.1. The van der Waals surface area contributed by atoms with E-state index in [2.05, 4.69) is 53.7 Å². The van der Waals surface area contributed by atoms with E-state index in [0.717, 1.165) is 41.1 Å². The van der Waals surface area contributed by atoms with Crippen LogP contribution >= 0.6 is 50.4 Å². The number of halogens is 1. The number of aromatic nitrogens is 3. The van der Waals surface area contributed by atoms with Crippen LogP contribution in [0, 0.1) is 0 Å². The molecule has 5 aromatic rings. The zero-order valence-electron chi connectivity index (χ0n) is 16.2. The fourth-order valence-electron chi connectivity index (χ4n) is 3.13.